The third kappa shape index (κ3) is 6.19. The van der Waals surface area contributed by atoms with Crippen molar-refractivity contribution in [2.75, 3.05) is 0 Å². The van der Waals surface area contributed by atoms with Crippen molar-refractivity contribution in [3.63, 3.8) is 0 Å². The Morgan fingerprint density at radius 2 is 1.38 bits per heavy atom. The molecule has 2 aliphatic carbocycles. The molecule has 5 rings (SSSR count). The molecule has 3 aromatic rings. The van der Waals surface area contributed by atoms with Crippen molar-refractivity contribution in [1.82, 2.24) is 9.55 Å². The lowest BCUT2D eigenvalue weighted by Crippen LogP contribution is -2.29. The number of nitrogens with zero attached hydrogens (tertiary/aromatic N) is 3. The van der Waals surface area contributed by atoms with Crippen LogP contribution in [0.15, 0.2) is 55.1 Å². The van der Waals surface area contributed by atoms with Crippen LogP contribution in [0.4, 0.5) is 0 Å². The van der Waals surface area contributed by atoms with E-state index in [4.69, 9.17) is 4.98 Å². The predicted octanol–water partition coefficient (Wildman–Crippen LogP) is 9.04. The number of para-hydroxylation sites is 1. The summed E-state index contributed by atoms with van der Waals surface area (Å²) in [5.41, 5.74) is 7.38. The first-order chi connectivity index (χ1) is 18.0. The average Bonchev–Trinajstić information content (AvgIpc) is 3.42. The van der Waals surface area contributed by atoms with E-state index in [1.807, 2.05) is 0 Å². The molecule has 0 saturated heterocycles. The van der Waals surface area contributed by atoms with Crippen LogP contribution in [-0.2, 0) is 6.16 Å². The van der Waals surface area contributed by atoms with Crippen LogP contribution in [-0.4, -0.2) is 20.9 Å². The molecule has 0 spiro atoms. The third-order valence-corrected chi connectivity index (χ3v) is 12.3. The molecule has 0 radical (unpaired) electrons. The lowest BCUT2D eigenvalue weighted by molar-refractivity contribution is -0.598. The molecule has 37 heavy (non-hydrogen) atoms. The molecule has 0 N–H and O–H groups in total. The molecule has 1 aromatic carbocycles. The van der Waals surface area contributed by atoms with Crippen molar-refractivity contribution >= 4 is 7.92 Å². The van der Waals surface area contributed by atoms with Gasteiger partial charge in [0.15, 0.2) is 6.33 Å². The Morgan fingerprint density at radius 1 is 0.811 bits per heavy atom. The minimum Gasteiger partial charge on any atom is -0.236 e. The van der Waals surface area contributed by atoms with Gasteiger partial charge in [0.2, 0.25) is 0 Å². The smallest absolute Gasteiger partial charge is 0.236 e. The molecule has 2 fully saturated rings. The molecule has 198 valence electrons. The van der Waals surface area contributed by atoms with Crippen LogP contribution >= 0.6 is 7.92 Å². The first-order valence-corrected chi connectivity index (χ1v) is 16.6. The lowest BCUT2D eigenvalue weighted by atomic mass is 9.92. The van der Waals surface area contributed by atoms with Gasteiger partial charge in [0.25, 0.3) is 5.82 Å². The summed E-state index contributed by atoms with van der Waals surface area (Å²) < 4.78 is 4.53. The van der Waals surface area contributed by atoms with Crippen LogP contribution in [0.1, 0.15) is 121 Å². The average molecular weight is 517 g/mol. The van der Waals surface area contributed by atoms with E-state index in [9.17, 15) is 0 Å². The van der Waals surface area contributed by atoms with Crippen molar-refractivity contribution in [3.05, 3.63) is 71.9 Å². The molecule has 2 aromatic heterocycles. The van der Waals surface area contributed by atoms with Gasteiger partial charge in [-0.25, -0.2) is 9.13 Å². The zero-order valence-electron chi connectivity index (χ0n) is 23.6. The Hall–Kier alpha value is -1.99. The summed E-state index contributed by atoms with van der Waals surface area (Å²) in [5, 5.41) is 0. The summed E-state index contributed by atoms with van der Waals surface area (Å²) in [6.45, 7) is 9.18. The zero-order valence-corrected chi connectivity index (χ0v) is 24.5. The van der Waals surface area contributed by atoms with E-state index in [1.165, 1.54) is 92.9 Å². The number of imidazole rings is 1. The number of hydrogen-bond acceptors (Lipinski definition) is 1. The van der Waals surface area contributed by atoms with Crippen molar-refractivity contribution < 1.29 is 4.57 Å². The highest BCUT2D eigenvalue weighted by atomic mass is 31.1. The van der Waals surface area contributed by atoms with Gasteiger partial charge < -0.3 is 0 Å². The largest absolute Gasteiger partial charge is 0.267 e. The van der Waals surface area contributed by atoms with Gasteiger partial charge in [0.1, 0.15) is 17.6 Å². The van der Waals surface area contributed by atoms with Crippen LogP contribution in [0, 0.1) is 0 Å². The van der Waals surface area contributed by atoms with Gasteiger partial charge in [-0.05, 0) is 66.0 Å². The molecule has 0 atom stereocenters. The zero-order chi connectivity index (χ0) is 25.8. The summed E-state index contributed by atoms with van der Waals surface area (Å²) in [4.78, 5) is 5.26. The molecule has 2 aliphatic rings. The van der Waals surface area contributed by atoms with Crippen LogP contribution in [0.5, 0.6) is 0 Å². The van der Waals surface area contributed by atoms with Crippen molar-refractivity contribution in [3.8, 4) is 11.5 Å². The summed E-state index contributed by atoms with van der Waals surface area (Å²) in [6.07, 6.45) is 22.4. The molecular weight excluding hydrogens is 469 g/mol. The van der Waals surface area contributed by atoms with Gasteiger partial charge in [-0.3, -0.25) is 0 Å². The molecule has 0 unspecified atom stereocenters. The minimum atomic E-state index is 0.0142. The Balaban J connectivity index is 1.42. The van der Waals surface area contributed by atoms with E-state index in [-0.39, 0.29) is 7.92 Å². The quantitative estimate of drug-likeness (QED) is 0.216. The Morgan fingerprint density at radius 3 is 1.95 bits per heavy atom. The van der Waals surface area contributed by atoms with E-state index in [0.29, 0.717) is 11.8 Å². The number of rotatable bonds is 8. The van der Waals surface area contributed by atoms with Gasteiger partial charge in [-0.1, -0.05) is 98.4 Å². The Bertz CT molecular complexity index is 1110. The molecule has 3 nitrogen and oxygen atoms in total. The maximum atomic E-state index is 5.26. The molecule has 2 heterocycles. The van der Waals surface area contributed by atoms with Crippen molar-refractivity contribution in [1.29, 1.82) is 0 Å². The maximum Gasteiger partial charge on any atom is 0.267 e. The second-order valence-electron chi connectivity index (χ2n) is 12.1. The van der Waals surface area contributed by atoms with Crippen LogP contribution in [0.25, 0.3) is 11.5 Å². The van der Waals surface area contributed by atoms with Crippen LogP contribution < -0.4 is 4.57 Å². The maximum absolute atomic E-state index is 5.26. The van der Waals surface area contributed by atoms with E-state index in [1.54, 1.807) is 0 Å². The van der Waals surface area contributed by atoms with E-state index >= 15 is 0 Å². The van der Waals surface area contributed by atoms with Gasteiger partial charge in [0, 0.05) is 12.2 Å². The molecular formula is C33H47N3P+. The van der Waals surface area contributed by atoms with Crippen LogP contribution in [0.2, 0.25) is 0 Å². The second-order valence-corrected chi connectivity index (χ2v) is 14.9. The number of hydrogen-bond donors (Lipinski definition) is 0. The van der Waals surface area contributed by atoms with Gasteiger partial charge in [-0.15, -0.1) is 4.98 Å². The second kappa shape index (κ2) is 12.2. The first-order valence-electron chi connectivity index (χ1n) is 15.0. The number of benzene rings is 1. The van der Waals surface area contributed by atoms with Gasteiger partial charge in [0.05, 0.1) is 6.20 Å². The molecule has 2 saturated carbocycles. The topological polar surface area (TPSA) is 21.7 Å². The highest BCUT2D eigenvalue weighted by Gasteiger charge is 2.32. The Labute approximate surface area is 226 Å². The van der Waals surface area contributed by atoms with Crippen molar-refractivity contribution in [2.45, 2.75) is 121 Å². The lowest BCUT2D eigenvalue weighted by Gasteiger charge is -2.38. The number of aromatic nitrogens is 3. The standard InChI is InChI=1S/C33H47N3P/c1-25(2)30-18-12-19-31(26(3)4)33(30)36-22-21-35(24-36)32-20-11-13-27(34-32)23-37(28-14-7-5-8-15-28)29-16-9-6-10-17-29/h11-13,18-22,24-26,28-29H,5-10,14-17,23H2,1-4H3/q+1. The van der Waals surface area contributed by atoms with Gasteiger partial charge in [-0.2, -0.15) is 0 Å². The Kier molecular flexibility index (Phi) is 8.81. The summed E-state index contributed by atoms with van der Waals surface area (Å²) >= 11 is 0. The normalized spacial score (nSPS) is 17.8. The number of pyridine rings is 1. The molecule has 0 amide bonds. The third-order valence-electron chi connectivity index (χ3n) is 8.73. The van der Waals surface area contributed by atoms with Gasteiger partial charge >= 0.3 is 0 Å². The minimum absolute atomic E-state index is 0.0142. The fourth-order valence-corrected chi connectivity index (χ4v) is 10.4. The SMILES string of the molecule is CC(C)c1cccc(C(C)C)c1-n1cc[n+](-c2cccc(CP(C3CCCCC3)C3CCCCC3)n2)c1. The highest BCUT2D eigenvalue weighted by molar-refractivity contribution is 7.58. The van der Waals surface area contributed by atoms with Crippen LogP contribution in [0.3, 0.4) is 0 Å². The summed E-state index contributed by atoms with van der Waals surface area (Å²) in [6, 6.07) is 13.5. The highest BCUT2D eigenvalue weighted by Crippen LogP contribution is 2.57. The first kappa shape index (κ1) is 26.6. The van der Waals surface area contributed by atoms with E-state index < -0.39 is 0 Å². The molecule has 0 bridgehead atoms. The molecule has 4 heteroatoms. The van der Waals surface area contributed by atoms with Crippen molar-refractivity contribution in [2.24, 2.45) is 0 Å². The monoisotopic (exact) mass is 516 g/mol. The fraction of sp³-hybridized carbons (Fsp3) is 0.576. The fourth-order valence-electron chi connectivity index (χ4n) is 6.70. The van der Waals surface area contributed by atoms with E-state index in [2.05, 4.69) is 91.9 Å². The predicted molar refractivity (Wildman–Crippen MR) is 158 cm³/mol. The summed E-state index contributed by atoms with van der Waals surface area (Å²) in [7, 11) is 0.0142. The van der Waals surface area contributed by atoms with E-state index in [0.717, 1.165) is 17.1 Å². The molecule has 0 aliphatic heterocycles. The summed E-state index contributed by atoms with van der Waals surface area (Å²) in [5.74, 6) is 2.00.